The van der Waals surface area contributed by atoms with Crippen LogP contribution in [0.25, 0.3) is 0 Å². The summed E-state index contributed by atoms with van der Waals surface area (Å²) < 4.78 is 35.5. The van der Waals surface area contributed by atoms with Gasteiger partial charge in [-0.05, 0) is 0 Å². The zero-order valence-electron chi connectivity index (χ0n) is 9.61. The Morgan fingerprint density at radius 2 is 0.938 bits per heavy atom. The molecule has 0 aromatic rings. The molecule has 0 aliphatic carbocycles. The van der Waals surface area contributed by atoms with E-state index in [4.69, 9.17) is 0 Å². The molecule has 0 saturated heterocycles. The number of hydrogen-bond acceptors (Lipinski definition) is 3. The average Bonchev–Trinajstić information content (AvgIpc) is 2.16. The fourth-order valence-corrected chi connectivity index (χ4v) is 36.1. The van der Waals surface area contributed by atoms with Crippen molar-refractivity contribution in [2.75, 3.05) is 18.5 Å². The van der Waals surface area contributed by atoms with Crippen LogP contribution in [0.3, 0.4) is 0 Å². The molecular formula is C6H18AlO6P3. The third kappa shape index (κ3) is 3.80. The molecule has 0 rings (SSSR count). The van der Waals surface area contributed by atoms with Crippen LogP contribution in [-0.4, -0.2) is 46.0 Å². The first kappa shape index (κ1) is 17.1. The number of rotatable bonds is 6. The highest BCUT2D eigenvalue weighted by Gasteiger charge is 2.63. The van der Waals surface area contributed by atoms with Crippen molar-refractivity contribution in [3.05, 3.63) is 0 Å². The highest BCUT2D eigenvalue weighted by atomic mass is 31.8. The molecule has 6 nitrogen and oxygen atoms in total. The first-order valence-corrected chi connectivity index (χ1v) is 15.4. The van der Waals surface area contributed by atoms with E-state index in [1.54, 1.807) is 0 Å². The van der Waals surface area contributed by atoms with E-state index in [-0.39, 0.29) is 18.5 Å². The second kappa shape index (κ2) is 5.83. The molecule has 3 unspecified atom stereocenters. The quantitative estimate of drug-likeness (QED) is 0.510. The summed E-state index contributed by atoms with van der Waals surface area (Å²) in [7, 11) is 0. The van der Waals surface area contributed by atoms with E-state index in [0.717, 1.165) is 0 Å². The third-order valence-corrected chi connectivity index (χ3v) is 36.6. The lowest BCUT2D eigenvalue weighted by molar-refractivity contribution is 0.483. The summed E-state index contributed by atoms with van der Waals surface area (Å²) in [6.45, 7) is 4.18. The van der Waals surface area contributed by atoms with Crippen molar-refractivity contribution in [3.63, 3.8) is 0 Å². The molecule has 96 valence electrons. The molecule has 0 aromatic heterocycles. The number of hydrogen-bond donors (Lipinski definition) is 3. The molecule has 0 radical (unpaired) electrons. The lowest BCUT2D eigenvalue weighted by Gasteiger charge is -2.24. The van der Waals surface area contributed by atoms with E-state index in [2.05, 4.69) is 0 Å². The Morgan fingerprint density at radius 3 is 1.06 bits per heavy atom. The van der Waals surface area contributed by atoms with Gasteiger partial charge in [-0.1, -0.05) is 20.8 Å². The van der Waals surface area contributed by atoms with Gasteiger partial charge in [0.2, 0.25) is 0 Å². The molecule has 0 aliphatic heterocycles. The Balaban J connectivity index is 5.70. The van der Waals surface area contributed by atoms with Crippen molar-refractivity contribution < 1.29 is 28.4 Å². The van der Waals surface area contributed by atoms with Crippen molar-refractivity contribution >= 4 is 30.9 Å². The fourth-order valence-electron chi connectivity index (χ4n) is 1.34. The molecule has 3 atom stereocenters. The zero-order valence-corrected chi connectivity index (χ0v) is 13.4. The first-order valence-electron chi connectivity index (χ1n) is 4.99. The summed E-state index contributed by atoms with van der Waals surface area (Å²) in [6, 6.07) is -11.8. The molecule has 16 heavy (non-hydrogen) atoms. The van der Waals surface area contributed by atoms with Crippen LogP contribution in [0.5, 0.6) is 0 Å². The van der Waals surface area contributed by atoms with Gasteiger partial charge in [0.1, 0.15) is 18.0 Å². The van der Waals surface area contributed by atoms with Crippen LogP contribution in [-0.2, 0) is 13.7 Å². The Labute approximate surface area is 98.6 Å². The average molecular weight is 306 g/mol. The predicted molar refractivity (Wildman–Crippen MR) is 66.9 cm³/mol. The largest absolute Gasteiger partial charge is 0.653 e. The SMILES string of the molecule is CC[P](=O)(O)[Al]([P](=O)(O)CC)[P](=O)(O)CC. The van der Waals surface area contributed by atoms with Crippen molar-refractivity contribution in [2.45, 2.75) is 20.8 Å². The maximum absolute atomic E-state index is 11.8. The van der Waals surface area contributed by atoms with Crippen LogP contribution < -0.4 is 0 Å². The molecule has 0 aromatic carbocycles. The van der Waals surface area contributed by atoms with E-state index in [0.29, 0.717) is 0 Å². The van der Waals surface area contributed by atoms with Crippen LogP contribution in [0.2, 0.25) is 0 Å². The highest BCUT2D eigenvalue weighted by Crippen LogP contribution is 2.73. The summed E-state index contributed by atoms with van der Waals surface area (Å²) in [5, 5.41) is 0. The Bertz CT molecular complexity index is 325. The Hall–Kier alpha value is 1.10. The molecule has 0 saturated carbocycles. The molecule has 0 bridgehead atoms. The second-order valence-corrected chi connectivity index (χ2v) is 26.3. The standard InChI is InChI=1S/3C2H5O2P.Al/c3*1-2-5(3)4;/h3*2H2,1H3;/q;;;-3/p+3. The van der Waals surface area contributed by atoms with Crippen molar-refractivity contribution in [1.82, 2.24) is 0 Å². The van der Waals surface area contributed by atoms with E-state index in [1.165, 1.54) is 20.8 Å². The van der Waals surface area contributed by atoms with Gasteiger partial charge in [-0.25, -0.2) is 0 Å². The van der Waals surface area contributed by atoms with Gasteiger partial charge < -0.3 is 28.4 Å². The minimum Gasteiger partial charge on any atom is -0.356 e. The molecule has 0 amide bonds. The van der Waals surface area contributed by atoms with Gasteiger partial charge in [-0.2, -0.15) is 0 Å². The normalized spacial score (nSPS) is 22.9. The molecule has 0 fully saturated rings. The fraction of sp³-hybridized carbons (Fsp3) is 1.00. The van der Waals surface area contributed by atoms with E-state index in [9.17, 15) is 28.4 Å². The summed E-state index contributed by atoms with van der Waals surface area (Å²) in [6.07, 6.45) is -0.670. The molecule has 3 N–H and O–H groups in total. The smallest absolute Gasteiger partial charge is 0.356 e. The van der Waals surface area contributed by atoms with Gasteiger partial charge in [0.15, 0.2) is 0 Å². The van der Waals surface area contributed by atoms with Gasteiger partial charge in [0.05, 0.1) is 0 Å². The van der Waals surface area contributed by atoms with Crippen LogP contribution in [0.1, 0.15) is 20.8 Å². The van der Waals surface area contributed by atoms with Gasteiger partial charge in [0, 0.05) is 18.5 Å². The van der Waals surface area contributed by atoms with Crippen molar-refractivity contribution in [1.29, 1.82) is 0 Å². The van der Waals surface area contributed by atoms with Crippen molar-refractivity contribution in [3.8, 4) is 0 Å². The third-order valence-electron chi connectivity index (χ3n) is 2.44. The van der Waals surface area contributed by atoms with Crippen LogP contribution in [0.15, 0.2) is 0 Å². The summed E-state index contributed by atoms with van der Waals surface area (Å²) in [4.78, 5) is 29.0. The molecule has 0 spiro atoms. The van der Waals surface area contributed by atoms with Crippen molar-refractivity contribution in [2.24, 2.45) is 0 Å². The molecule has 0 heterocycles. The van der Waals surface area contributed by atoms with E-state index >= 15 is 0 Å². The van der Waals surface area contributed by atoms with Gasteiger partial charge in [-0.15, -0.1) is 0 Å². The molecular weight excluding hydrogens is 288 g/mol. The van der Waals surface area contributed by atoms with Gasteiger partial charge in [0.25, 0.3) is 0 Å². The van der Waals surface area contributed by atoms with E-state index in [1.807, 2.05) is 0 Å². The molecule has 0 aliphatic rings. The Morgan fingerprint density at radius 1 is 0.750 bits per heavy atom. The second-order valence-electron chi connectivity index (χ2n) is 3.56. The minimum absolute atomic E-state index is 0.223. The lowest BCUT2D eigenvalue weighted by atomic mass is 11.0. The van der Waals surface area contributed by atoms with Crippen LogP contribution in [0, 0.1) is 0 Å². The van der Waals surface area contributed by atoms with Gasteiger partial charge >= 0.3 is 12.8 Å². The minimum atomic E-state index is -3.95. The van der Waals surface area contributed by atoms with Crippen LogP contribution >= 0.6 is 18.0 Å². The highest BCUT2D eigenvalue weighted by molar-refractivity contribution is 8.43. The summed E-state index contributed by atoms with van der Waals surface area (Å²) in [5.41, 5.74) is 0. The maximum atomic E-state index is 11.8. The van der Waals surface area contributed by atoms with Crippen LogP contribution in [0.4, 0.5) is 0 Å². The first-order chi connectivity index (χ1) is 7.05. The van der Waals surface area contributed by atoms with Gasteiger partial charge in [-0.3, -0.25) is 0 Å². The van der Waals surface area contributed by atoms with E-state index < -0.39 is 30.9 Å². The monoisotopic (exact) mass is 306 g/mol. The zero-order chi connectivity index (χ0) is 13.2. The topological polar surface area (TPSA) is 112 Å². The summed E-state index contributed by atoms with van der Waals surface area (Å²) >= 11 is -3.53. The Kier molecular flexibility index (Phi) is 6.23. The lowest BCUT2D eigenvalue weighted by Crippen LogP contribution is -2.19. The summed E-state index contributed by atoms with van der Waals surface area (Å²) in [5.74, 6) is 0. The maximum Gasteiger partial charge on any atom is 0.653 e. The predicted octanol–water partition coefficient (Wildman–Crippen LogP) is 1.84. The molecule has 10 heteroatoms.